The molecule has 71 heavy (non-hydrogen) atoms. The van der Waals surface area contributed by atoms with Crippen LogP contribution in [0.15, 0.2) is 229 Å². The molecule has 0 bridgehead atoms. The Hall–Kier alpha value is -7.16. The molecule has 16 rings (SSSR count). The van der Waals surface area contributed by atoms with Gasteiger partial charge in [0.2, 0.25) is 0 Å². The summed E-state index contributed by atoms with van der Waals surface area (Å²) in [6.45, 7) is 0. The zero-order valence-electron chi connectivity index (χ0n) is 38.1. The molecule has 0 atom stereocenters. The van der Waals surface area contributed by atoms with Gasteiger partial charge in [-0.2, -0.15) is 0 Å². The van der Waals surface area contributed by atoms with Gasteiger partial charge in [-0.15, -0.1) is 45.3 Å². The fourth-order valence-corrected chi connectivity index (χ4v) is 15.8. The molecular formula is C65H40BrNS4. The van der Waals surface area contributed by atoms with E-state index in [1.54, 1.807) is 0 Å². The molecule has 10 aromatic carbocycles. The summed E-state index contributed by atoms with van der Waals surface area (Å²) in [5.74, 6) is 0. The molecule has 0 fully saturated rings. The van der Waals surface area contributed by atoms with E-state index >= 15 is 0 Å². The summed E-state index contributed by atoms with van der Waals surface area (Å²) in [5.41, 5.74) is 10.5. The minimum atomic E-state index is 1.10. The lowest BCUT2D eigenvalue weighted by Crippen LogP contribution is -1.92. The molecule has 0 N–H and O–H groups in total. The highest BCUT2D eigenvalue weighted by atomic mass is 79.9. The zero-order valence-corrected chi connectivity index (χ0v) is 43.0. The monoisotopic (exact) mass is 1040 g/mol. The Morgan fingerprint density at radius 1 is 0.366 bits per heavy atom. The summed E-state index contributed by atoms with van der Waals surface area (Å²) in [4.78, 5) is 0. The molecule has 1 aliphatic rings. The summed E-state index contributed by atoms with van der Waals surface area (Å²) in [7, 11) is 0. The van der Waals surface area contributed by atoms with Gasteiger partial charge in [0.1, 0.15) is 0 Å². The SMILES string of the molecule is Brc1ccc(-c2cccc3c2sc2ccccc23)cc1.C1=Cc2ccc3c(sc4ccccc43)c2C1.c1ccc2c(c1)sc1c(-c3ccc(-n4ccc5ccc6c7ccccc7sc6c54)cc3)cccc12. The van der Waals surface area contributed by atoms with Gasteiger partial charge in [-0.1, -0.05) is 186 Å². The molecule has 0 radical (unpaired) electrons. The van der Waals surface area contributed by atoms with E-state index in [4.69, 9.17) is 0 Å². The number of thiophene rings is 4. The van der Waals surface area contributed by atoms with Gasteiger partial charge in [-0.25, -0.2) is 0 Å². The van der Waals surface area contributed by atoms with Crippen LogP contribution in [0.1, 0.15) is 11.1 Å². The Labute approximate surface area is 434 Å². The molecule has 1 nitrogen and oxygen atoms in total. The van der Waals surface area contributed by atoms with Crippen molar-refractivity contribution in [1.82, 2.24) is 4.57 Å². The van der Waals surface area contributed by atoms with Crippen LogP contribution in [-0.4, -0.2) is 4.57 Å². The third-order valence-electron chi connectivity index (χ3n) is 13.9. The fraction of sp³-hybridized carbons (Fsp3) is 0.0154. The molecule has 0 saturated heterocycles. The van der Waals surface area contributed by atoms with Gasteiger partial charge in [0.25, 0.3) is 0 Å². The smallest absolute Gasteiger partial charge is 0.0707 e. The lowest BCUT2D eigenvalue weighted by Gasteiger charge is -2.09. The minimum Gasteiger partial charge on any atom is -0.315 e. The topological polar surface area (TPSA) is 4.93 Å². The fourth-order valence-electron chi connectivity index (χ4n) is 10.5. The van der Waals surface area contributed by atoms with Crippen molar-refractivity contribution in [2.24, 2.45) is 0 Å². The first-order valence-electron chi connectivity index (χ1n) is 23.8. The molecule has 336 valence electrons. The largest absolute Gasteiger partial charge is 0.315 e. The van der Waals surface area contributed by atoms with E-state index < -0.39 is 0 Å². The number of hydrogen-bond acceptors (Lipinski definition) is 4. The Balaban J connectivity index is 0.000000110. The van der Waals surface area contributed by atoms with Crippen molar-refractivity contribution in [3.8, 4) is 27.9 Å². The van der Waals surface area contributed by atoms with Crippen molar-refractivity contribution in [3.63, 3.8) is 0 Å². The van der Waals surface area contributed by atoms with Crippen LogP contribution in [0.25, 0.3) is 126 Å². The number of allylic oxidation sites excluding steroid dienone is 1. The van der Waals surface area contributed by atoms with E-state index in [2.05, 4.69) is 251 Å². The Kier molecular flexibility index (Phi) is 10.6. The molecule has 0 unspecified atom stereocenters. The second-order valence-electron chi connectivity index (χ2n) is 18.0. The first kappa shape index (κ1) is 42.7. The maximum Gasteiger partial charge on any atom is 0.0707 e. The number of nitrogens with zero attached hydrogens (tertiary/aromatic N) is 1. The third-order valence-corrected chi connectivity index (χ3v) is 19.3. The van der Waals surface area contributed by atoms with Gasteiger partial charge >= 0.3 is 0 Å². The molecule has 0 saturated carbocycles. The third kappa shape index (κ3) is 7.35. The minimum absolute atomic E-state index is 1.10. The van der Waals surface area contributed by atoms with E-state index in [-0.39, 0.29) is 0 Å². The van der Waals surface area contributed by atoms with Crippen LogP contribution >= 0.6 is 61.3 Å². The maximum absolute atomic E-state index is 3.50. The summed E-state index contributed by atoms with van der Waals surface area (Å²) in [5, 5.41) is 12.2. The number of benzene rings is 10. The lowest BCUT2D eigenvalue weighted by atomic mass is 10.0. The average molecular weight is 1040 g/mol. The van der Waals surface area contributed by atoms with Gasteiger partial charge < -0.3 is 4.57 Å². The second kappa shape index (κ2) is 17.6. The highest BCUT2D eigenvalue weighted by Gasteiger charge is 2.16. The maximum atomic E-state index is 3.50. The quantitative estimate of drug-likeness (QED) is 0.166. The molecule has 1 aliphatic carbocycles. The van der Waals surface area contributed by atoms with Crippen molar-refractivity contribution in [2.45, 2.75) is 6.42 Å². The van der Waals surface area contributed by atoms with Gasteiger partial charge in [0.05, 0.1) is 10.2 Å². The van der Waals surface area contributed by atoms with Crippen molar-refractivity contribution in [3.05, 3.63) is 240 Å². The predicted molar refractivity (Wildman–Crippen MR) is 319 cm³/mol. The van der Waals surface area contributed by atoms with Gasteiger partial charge in [-0.3, -0.25) is 0 Å². The standard InChI is InChI=1S/C32H19NS2.C18H11BrS.C15H10S/c1-3-10-28-24(6-1)26-9-5-8-23(31(26)34-28)20-12-15-22(16-13-20)33-19-18-21-14-17-27-25-7-2-4-11-29(25)35-32(27)30(21)33;19-13-10-8-12(9-11-13)14-5-3-6-16-15-4-1-2-7-17(15)20-18(14)16;1-2-7-14-12(5-1)13-9-8-10-4-3-6-11(10)15(13)16-14/h1-19H;1-11H;1-5,7-9H,6H2. The van der Waals surface area contributed by atoms with Gasteiger partial charge in [-0.05, 0) is 94.4 Å². The number of fused-ring (bicyclic) bond motifs is 16. The normalized spacial score (nSPS) is 12.2. The second-order valence-corrected chi connectivity index (χ2v) is 23.1. The number of hydrogen-bond donors (Lipinski definition) is 0. The van der Waals surface area contributed by atoms with Crippen LogP contribution in [0.2, 0.25) is 0 Å². The highest BCUT2D eigenvalue weighted by molar-refractivity contribution is 9.10. The molecule has 6 heteroatoms. The number of aromatic nitrogens is 1. The molecule has 15 aromatic rings. The zero-order chi connectivity index (χ0) is 47.0. The van der Waals surface area contributed by atoms with Crippen LogP contribution in [0.5, 0.6) is 0 Å². The molecule has 0 spiro atoms. The van der Waals surface area contributed by atoms with Gasteiger partial charge in [0, 0.05) is 97.7 Å². The van der Waals surface area contributed by atoms with Crippen LogP contribution in [0.4, 0.5) is 0 Å². The predicted octanol–water partition coefficient (Wildman–Crippen LogP) is 21.1. The van der Waals surface area contributed by atoms with E-state index in [0.717, 1.165) is 10.9 Å². The summed E-state index contributed by atoms with van der Waals surface area (Å²) >= 11 is 11.1. The Morgan fingerprint density at radius 2 is 0.817 bits per heavy atom. The Bertz CT molecular complexity index is 4560. The van der Waals surface area contributed by atoms with E-state index in [0.29, 0.717) is 0 Å². The van der Waals surface area contributed by atoms with Crippen molar-refractivity contribution >= 4 is 159 Å². The molecule has 0 aliphatic heterocycles. The van der Waals surface area contributed by atoms with E-state index in [9.17, 15) is 0 Å². The van der Waals surface area contributed by atoms with Gasteiger partial charge in [0.15, 0.2) is 0 Å². The van der Waals surface area contributed by atoms with Crippen LogP contribution in [0.3, 0.4) is 0 Å². The summed E-state index contributed by atoms with van der Waals surface area (Å²) in [6, 6.07) is 76.9. The van der Waals surface area contributed by atoms with E-state index in [1.165, 1.54) is 131 Å². The molecular weight excluding hydrogens is 1000 g/mol. The van der Waals surface area contributed by atoms with Crippen LogP contribution in [0, 0.1) is 0 Å². The molecule has 0 amide bonds. The van der Waals surface area contributed by atoms with Crippen molar-refractivity contribution in [1.29, 1.82) is 0 Å². The summed E-state index contributed by atoms with van der Waals surface area (Å²) < 4.78 is 14.5. The van der Waals surface area contributed by atoms with Crippen molar-refractivity contribution < 1.29 is 0 Å². The molecule has 5 aromatic heterocycles. The van der Waals surface area contributed by atoms with Crippen LogP contribution < -0.4 is 0 Å². The first-order chi connectivity index (χ1) is 35.1. The number of rotatable bonds is 3. The highest BCUT2D eigenvalue weighted by Crippen LogP contribution is 2.44. The number of halogens is 1. The molecule has 5 heterocycles. The Morgan fingerprint density at radius 3 is 1.38 bits per heavy atom. The lowest BCUT2D eigenvalue weighted by molar-refractivity contribution is 1.13. The average Bonchev–Trinajstić information content (AvgIpc) is 4.30. The van der Waals surface area contributed by atoms with Crippen molar-refractivity contribution in [2.75, 3.05) is 0 Å². The van der Waals surface area contributed by atoms with Crippen LogP contribution in [-0.2, 0) is 6.42 Å². The first-order valence-corrected chi connectivity index (χ1v) is 27.9. The van der Waals surface area contributed by atoms with E-state index in [1.807, 2.05) is 45.3 Å². The summed E-state index contributed by atoms with van der Waals surface area (Å²) in [6.07, 6.45) is 7.79.